The molecule has 0 aromatic rings. The van der Waals surface area contributed by atoms with Gasteiger partial charge in [0.25, 0.3) is 0 Å². The van der Waals surface area contributed by atoms with Crippen molar-refractivity contribution in [2.45, 2.75) is 57.4 Å². The number of carbonyl (C=O) groups excluding carboxylic acids is 1. The Balaban J connectivity index is 0.00000144. The number of rotatable bonds is 5. The Labute approximate surface area is 111 Å². The van der Waals surface area contributed by atoms with Gasteiger partial charge >= 0.3 is 0 Å². The zero-order valence-electron chi connectivity index (χ0n) is 10.5. The van der Waals surface area contributed by atoms with E-state index < -0.39 is 0 Å². The summed E-state index contributed by atoms with van der Waals surface area (Å²) < 4.78 is 0. The third-order valence-corrected chi connectivity index (χ3v) is 3.93. The molecule has 1 amide bonds. The van der Waals surface area contributed by atoms with Crippen LogP contribution < -0.4 is 10.6 Å². The highest BCUT2D eigenvalue weighted by molar-refractivity contribution is 5.85. The number of hydrogen-bond acceptors (Lipinski definition) is 2. The molecule has 1 aliphatic heterocycles. The van der Waals surface area contributed by atoms with Crippen LogP contribution in [0.5, 0.6) is 0 Å². The largest absolute Gasteiger partial charge is 0.356 e. The lowest BCUT2D eigenvalue weighted by Gasteiger charge is -2.12. The van der Waals surface area contributed by atoms with E-state index in [4.69, 9.17) is 0 Å². The van der Waals surface area contributed by atoms with Crippen LogP contribution >= 0.6 is 12.4 Å². The van der Waals surface area contributed by atoms with Gasteiger partial charge in [0.05, 0.1) is 0 Å². The van der Waals surface area contributed by atoms with Crippen molar-refractivity contribution in [3.8, 4) is 0 Å². The monoisotopic (exact) mass is 260 g/mol. The second-order valence-corrected chi connectivity index (χ2v) is 5.29. The lowest BCUT2D eigenvalue weighted by molar-refractivity contribution is -0.122. The van der Waals surface area contributed by atoms with Gasteiger partial charge in [-0.05, 0) is 44.6 Å². The molecule has 0 radical (unpaired) electrons. The topological polar surface area (TPSA) is 41.1 Å². The zero-order valence-corrected chi connectivity index (χ0v) is 11.4. The molecule has 0 bridgehead atoms. The maximum Gasteiger partial charge on any atom is 0.220 e. The number of nitrogens with one attached hydrogen (secondary N) is 2. The molecule has 0 aromatic heterocycles. The molecule has 1 saturated carbocycles. The molecule has 0 spiro atoms. The first-order valence-electron chi connectivity index (χ1n) is 6.84. The fraction of sp³-hybridized carbons (Fsp3) is 0.923. The van der Waals surface area contributed by atoms with Gasteiger partial charge in [0.1, 0.15) is 0 Å². The highest BCUT2D eigenvalue weighted by Gasteiger charge is 2.18. The summed E-state index contributed by atoms with van der Waals surface area (Å²) in [6, 6.07) is 0.645. The minimum Gasteiger partial charge on any atom is -0.356 e. The van der Waals surface area contributed by atoms with E-state index >= 15 is 0 Å². The number of halogens is 1. The Bertz CT molecular complexity index is 223. The van der Waals surface area contributed by atoms with E-state index in [1.54, 1.807) is 0 Å². The minimum atomic E-state index is 0. The third kappa shape index (κ3) is 5.26. The van der Waals surface area contributed by atoms with Crippen molar-refractivity contribution in [1.29, 1.82) is 0 Å². The Kier molecular flexibility index (Phi) is 6.90. The first kappa shape index (κ1) is 14.8. The third-order valence-electron chi connectivity index (χ3n) is 3.93. The number of hydrogen-bond donors (Lipinski definition) is 2. The molecule has 2 rings (SSSR count). The molecule has 3 nitrogen and oxygen atoms in total. The Morgan fingerprint density at radius 3 is 2.59 bits per heavy atom. The van der Waals surface area contributed by atoms with Gasteiger partial charge in [-0.1, -0.05) is 12.8 Å². The lowest BCUT2D eigenvalue weighted by Crippen LogP contribution is -2.31. The van der Waals surface area contributed by atoms with Crippen LogP contribution in [-0.4, -0.2) is 25.0 Å². The van der Waals surface area contributed by atoms with Crippen LogP contribution in [0.3, 0.4) is 0 Å². The summed E-state index contributed by atoms with van der Waals surface area (Å²) in [5.74, 6) is 0.939. The summed E-state index contributed by atoms with van der Waals surface area (Å²) in [7, 11) is 0. The molecule has 2 aliphatic rings. The van der Waals surface area contributed by atoms with Gasteiger partial charge < -0.3 is 10.6 Å². The molecule has 0 unspecified atom stereocenters. The normalized spacial score (nSPS) is 24.6. The Hall–Kier alpha value is -0.280. The van der Waals surface area contributed by atoms with Crippen LogP contribution in [0.25, 0.3) is 0 Å². The second-order valence-electron chi connectivity index (χ2n) is 5.29. The van der Waals surface area contributed by atoms with Gasteiger partial charge in [0.15, 0.2) is 0 Å². The van der Waals surface area contributed by atoms with Crippen LogP contribution in [-0.2, 0) is 4.79 Å². The molecule has 1 atom stereocenters. The molecule has 1 heterocycles. The van der Waals surface area contributed by atoms with Crippen molar-refractivity contribution in [1.82, 2.24) is 10.6 Å². The molecule has 0 aromatic carbocycles. The van der Waals surface area contributed by atoms with Crippen LogP contribution in [0, 0.1) is 5.92 Å². The van der Waals surface area contributed by atoms with Crippen molar-refractivity contribution in [3.05, 3.63) is 0 Å². The van der Waals surface area contributed by atoms with Crippen LogP contribution in [0.4, 0.5) is 0 Å². The maximum atomic E-state index is 11.6. The number of amides is 1. The maximum absolute atomic E-state index is 11.6. The average molecular weight is 261 g/mol. The van der Waals surface area contributed by atoms with Gasteiger partial charge in [-0.3, -0.25) is 4.79 Å². The minimum absolute atomic E-state index is 0. The van der Waals surface area contributed by atoms with Gasteiger partial charge in [0.2, 0.25) is 5.91 Å². The summed E-state index contributed by atoms with van der Waals surface area (Å²) in [6.07, 6.45) is 9.59. The Morgan fingerprint density at radius 2 is 1.94 bits per heavy atom. The zero-order chi connectivity index (χ0) is 11.2. The summed E-state index contributed by atoms with van der Waals surface area (Å²) in [6.45, 7) is 2.00. The molecule has 4 heteroatoms. The first-order chi connectivity index (χ1) is 7.84. The van der Waals surface area contributed by atoms with Crippen molar-refractivity contribution in [3.63, 3.8) is 0 Å². The summed E-state index contributed by atoms with van der Waals surface area (Å²) in [5.41, 5.74) is 0. The van der Waals surface area contributed by atoms with Crippen molar-refractivity contribution in [2.75, 3.05) is 13.1 Å². The van der Waals surface area contributed by atoms with E-state index in [1.165, 1.54) is 38.5 Å². The number of carbonyl (C=O) groups is 1. The van der Waals surface area contributed by atoms with E-state index in [1.807, 2.05) is 0 Å². The standard InChI is InChI=1S/C13H24N2O.ClH/c16-13(10-11-4-1-2-5-11)15-9-7-12-6-3-8-14-12;/h11-12,14H,1-10H2,(H,15,16);1H/t12-;/m1./s1. The fourth-order valence-electron chi connectivity index (χ4n) is 2.94. The average Bonchev–Trinajstić information content (AvgIpc) is 2.90. The van der Waals surface area contributed by atoms with E-state index in [0.717, 1.165) is 25.9 Å². The molecule has 1 aliphatic carbocycles. The van der Waals surface area contributed by atoms with Crippen molar-refractivity contribution < 1.29 is 4.79 Å². The van der Waals surface area contributed by atoms with Gasteiger partial charge in [-0.25, -0.2) is 0 Å². The predicted octanol–water partition coefficient (Wildman–Crippen LogP) is 2.25. The van der Waals surface area contributed by atoms with E-state index in [9.17, 15) is 4.79 Å². The van der Waals surface area contributed by atoms with E-state index in [2.05, 4.69) is 10.6 Å². The quantitative estimate of drug-likeness (QED) is 0.796. The summed E-state index contributed by atoms with van der Waals surface area (Å²) in [5, 5.41) is 6.51. The summed E-state index contributed by atoms with van der Waals surface area (Å²) >= 11 is 0. The molecule has 1 saturated heterocycles. The van der Waals surface area contributed by atoms with Gasteiger partial charge in [-0.2, -0.15) is 0 Å². The van der Waals surface area contributed by atoms with Gasteiger partial charge in [0, 0.05) is 19.0 Å². The lowest BCUT2D eigenvalue weighted by atomic mass is 10.0. The molecular formula is C13H25ClN2O. The van der Waals surface area contributed by atoms with Crippen molar-refractivity contribution >= 4 is 18.3 Å². The SMILES string of the molecule is Cl.O=C(CC1CCCC1)NCC[C@H]1CCCN1. The smallest absolute Gasteiger partial charge is 0.220 e. The highest BCUT2D eigenvalue weighted by Crippen LogP contribution is 2.27. The molecule has 2 N–H and O–H groups in total. The second kappa shape index (κ2) is 7.93. The molecular weight excluding hydrogens is 236 g/mol. The molecule has 100 valence electrons. The van der Waals surface area contributed by atoms with Crippen molar-refractivity contribution in [2.24, 2.45) is 5.92 Å². The fourth-order valence-corrected chi connectivity index (χ4v) is 2.94. The van der Waals surface area contributed by atoms with Crippen LogP contribution in [0.15, 0.2) is 0 Å². The molecule has 17 heavy (non-hydrogen) atoms. The predicted molar refractivity (Wildman–Crippen MR) is 72.5 cm³/mol. The van der Waals surface area contributed by atoms with E-state index in [-0.39, 0.29) is 18.3 Å². The van der Waals surface area contributed by atoms with Crippen LogP contribution in [0.1, 0.15) is 51.4 Å². The molecule has 2 fully saturated rings. The Morgan fingerprint density at radius 1 is 1.18 bits per heavy atom. The first-order valence-corrected chi connectivity index (χ1v) is 6.84. The van der Waals surface area contributed by atoms with E-state index in [0.29, 0.717) is 12.0 Å². The van der Waals surface area contributed by atoms with Crippen LogP contribution in [0.2, 0.25) is 0 Å². The van der Waals surface area contributed by atoms with Gasteiger partial charge in [-0.15, -0.1) is 12.4 Å². The summed E-state index contributed by atoms with van der Waals surface area (Å²) in [4.78, 5) is 11.6. The highest BCUT2D eigenvalue weighted by atomic mass is 35.5.